The van der Waals surface area contributed by atoms with Crippen molar-refractivity contribution in [2.45, 2.75) is 56.8 Å². The monoisotopic (exact) mass is 485 g/mol. The number of nitrogens with zero attached hydrogens (tertiary/aromatic N) is 2. The van der Waals surface area contributed by atoms with Crippen LogP contribution in [0.4, 0.5) is 13.9 Å². The number of amides is 2. The van der Waals surface area contributed by atoms with Crippen LogP contribution in [0.15, 0.2) is 23.6 Å². The van der Waals surface area contributed by atoms with Gasteiger partial charge >= 0.3 is 0 Å². The molecule has 1 aromatic carbocycles. The predicted octanol–water partition coefficient (Wildman–Crippen LogP) is 5.38. The number of aromatic nitrogens is 1. The minimum Gasteiger partial charge on any atom is -0.339 e. The fourth-order valence-corrected chi connectivity index (χ4v) is 8.22. The number of anilines is 1. The maximum atomic E-state index is 14.0. The summed E-state index contributed by atoms with van der Waals surface area (Å²) in [5, 5.41) is 5.84. The third-order valence-corrected chi connectivity index (χ3v) is 9.39. The van der Waals surface area contributed by atoms with E-state index >= 15 is 0 Å². The number of hydrogen-bond acceptors (Lipinski definition) is 4. The van der Waals surface area contributed by atoms with Crippen molar-refractivity contribution in [1.82, 2.24) is 9.88 Å². The van der Waals surface area contributed by atoms with Crippen LogP contribution >= 0.6 is 11.3 Å². The average molecular weight is 486 g/mol. The van der Waals surface area contributed by atoms with Crippen LogP contribution in [-0.4, -0.2) is 34.8 Å². The van der Waals surface area contributed by atoms with Gasteiger partial charge in [0.15, 0.2) is 5.13 Å². The van der Waals surface area contributed by atoms with E-state index in [9.17, 15) is 18.4 Å². The van der Waals surface area contributed by atoms with Crippen molar-refractivity contribution in [1.29, 1.82) is 0 Å². The standard InChI is InChI=1S/C26H29F2N3O2S/c27-19-1-2-20(21(28)10-19)24(33)31-5-3-18(4-6-31)23(32)30-25-29-22(14-34-25)26-11-15-7-16(12-26)9-17(8-15)13-26/h1-2,10,14-18H,3-9,11-13H2,(H,29,30,32). The molecule has 1 saturated heterocycles. The van der Waals surface area contributed by atoms with E-state index in [0.29, 0.717) is 31.1 Å². The summed E-state index contributed by atoms with van der Waals surface area (Å²) < 4.78 is 27.1. The van der Waals surface area contributed by atoms with Crippen LogP contribution in [0.2, 0.25) is 0 Å². The Morgan fingerprint density at radius 1 is 1.03 bits per heavy atom. The quantitative estimate of drug-likeness (QED) is 0.633. The molecule has 0 unspecified atom stereocenters. The summed E-state index contributed by atoms with van der Waals surface area (Å²) in [7, 11) is 0. The van der Waals surface area contributed by atoms with E-state index in [1.54, 1.807) is 0 Å². The molecule has 1 N–H and O–H groups in total. The van der Waals surface area contributed by atoms with Gasteiger partial charge in [-0.3, -0.25) is 9.59 Å². The zero-order valence-corrected chi connectivity index (χ0v) is 19.9. The van der Waals surface area contributed by atoms with E-state index in [1.807, 2.05) is 0 Å². The van der Waals surface area contributed by atoms with Crippen LogP contribution in [0.5, 0.6) is 0 Å². The number of thiazole rings is 1. The molecule has 1 aliphatic heterocycles. The molecule has 4 aliphatic carbocycles. The van der Waals surface area contributed by atoms with Gasteiger partial charge in [0.05, 0.1) is 11.3 Å². The number of halogens is 2. The van der Waals surface area contributed by atoms with Crippen LogP contribution in [0, 0.1) is 35.3 Å². The van der Waals surface area contributed by atoms with Gasteiger partial charge in [-0.25, -0.2) is 13.8 Å². The van der Waals surface area contributed by atoms with E-state index in [1.165, 1.54) is 66.5 Å². The highest BCUT2D eigenvalue weighted by atomic mass is 32.1. The highest BCUT2D eigenvalue weighted by molar-refractivity contribution is 7.14. The Morgan fingerprint density at radius 3 is 2.29 bits per heavy atom. The maximum Gasteiger partial charge on any atom is 0.256 e. The van der Waals surface area contributed by atoms with E-state index in [2.05, 4.69) is 10.7 Å². The first-order valence-electron chi connectivity index (χ1n) is 12.4. The van der Waals surface area contributed by atoms with Crippen molar-refractivity contribution in [3.8, 4) is 0 Å². The first-order valence-corrected chi connectivity index (χ1v) is 13.3. The van der Waals surface area contributed by atoms with E-state index in [4.69, 9.17) is 4.98 Å². The minimum atomic E-state index is -0.858. The number of likely N-dealkylation sites (tertiary alicyclic amines) is 1. The van der Waals surface area contributed by atoms with E-state index in [-0.39, 0.29) is 22.8 Å². The second kappa shape index (κ2) is 8.40. The smallest absolute Gasteiger partial charge is 0.256 e. The fourth-order valence-electron chi connectivity index (χ4n) is 7.38. The Balaban J connectivity index is 1.06. The lowest BCUT2D eigenvalue weighted by atomic mass is 9.49. The lowest BCUT2D eigenvalue weighted by Gasteiger charge is -2.56. The third kappa shape index (κ3) is 3.93. The molecule has 4 bridgehead atoms. The number of carbonyl (C=O) groups is 2. The zero-order chi connectivity index (χ0) is 23.4. The Labute approximate surface area is 201 Å². The molecule has 0 spiro atoms. The molecule has 5 aliphatic rings. The molecule has 8 heteroatoms. The summed E-state index contributed by atoms with van der Waals surface area (Å²) in [5.74, 6) is 0.241. The molecule has 2 heterocycles. The highest BCUT2D eigenvalue weighted by Crippen LogP contribution is 2.60. The molecule has 34 heavy (non-hydrogen) atoms. The molecule has 5 fully saturated rings. The predicted molar refractivity (Wildman–Crippen MR) is 126 cm³/mol. The Bertz CT molecular complexity index is 1090. The lowest BCUT2D eigenvalue weighted by molar-refractivity contribution is -0.121. The molecule has 5 nitrogen and oxygen atoms in total. The topological polar surface area (TPSA) is 62.3 Å². The Hall–Kier alpha value is -2.35. The van der Waals surface area contributed by atoms with Crippen molar-refractivity contribution in [3.63, 3.8) is 0 Å². The first-order chi connectivity index (χ1) is 16.4. The van der Waals surface area contributed by atoms with Crippen LogP contribution in [0.3, 0.4) is 0 Å². The molecule has 1 aromatic heterocycles. The molecule has 0 atom stereocenters. The summed E-state index contributed by atoms with van der Waals surface area (Å²) in [4.78, 5) is 32.0. The van der Waals surface area contributed by atoms with E-state index < -0.39 is 17.5 Å². The van der Waals surface area contributed by atoms with Gasteiger partial charge in [-0.2, -0.15) is 0 Å². The van der Waals surface area contributed by atoms with Crippen molar-refractivity contribution >= 4 is 28.3 Å². The van der Waals surface area contributed by atoms with Gasteiger partial charge in [-0.1, -0.05) is 0 Å². The van der Waals surface area contributed by atoms with Gasteiger partial charge in [0.1, 0.15) is 11.6 Å². The number of carbonyl (C=O) groups excluding carboxylic acids is 2. The minimum absolute atomic E-state index is 0.0635. The number of rotatable bonds is 4. The first kappa shape index (κ1) is 22.1. The molecular formula is C26H29F2N3O2S. The van der Waals surface area contributed by atoms with Gasteiger partial charge in [0, 0.05) is 35.9 Å². The summed E-state index contributed by atoms with van der Waals surface area (Å²) in [5.41, 5.74) is 1.26. The fraction of sp³-hybridized carbons (Fsp3) is 0.577. The van der Waals surface area contributed by atoms with Crippen LogP contribution in [0.25, 0.3) is 0 Å². The van der Waals surface area contributed by atoms with Crippen LogP contribution in [-0.2, 0) is 10.2 Å². The number of piperidine rings is 1. The second-order valence-corrected chi connectivity index (χ2v) is 11.8. The van der Waals surface area contributed by atoms with Gasteiger partial charge in [-0.05, 0) is 81.3 Å². The molecule has 0 radical (unpaired) electrons. The van der Waals surface area contributed by atoms with Crippen molar-refractivity contribution in [2.75, 3.05) is 18.4 Å². The highest BCUT2D eigenvalue weighted by Gasteiger charge is 2.52. The summed E-state index contributed by atoms with van der Waals surface area (Å²) in [6, 6.07) is 2.98. The SMILES string of the molecule is O=C(Nc1nc(C23CC4CC(CC(C4)C2)C3)cs1)C1CCN(C(=O)c2ccc(F)cc2F)CC1. The normalized spacial score (nSPS) is 30.5. The summed E-state index contributed by atoms with van der Waals surface area (Å²) in [6.07, 6.45) is 8.93. The maximum absolute atomic E-state index is 14.0. The van der Waals surface area contributed by atoms with Gasteiger partial charge in [0.2, 0.25) is 5.91 Å². The third-order valence-electron chi connectivity index (χ3n) is 8.63. The lowest BCUT2D eigenvalue weighted by Crippen LogP contribution is -2.48. The molecule has 180 valence electrons. The zero-order valence-electron chi connectivity index (χ0n) is 19.1. The molecule has 7 rings (SSSR count). The van der Waals surface area contributed by atoms with Crippen LogP contribution < -0.4 is 5.32 Å². The molecule has 2 aromatic rings. The number of benzene rings is 1. The molecule has 2 amide bonds. The largest absolute Gasteiger partial charge is 0.339 e. The second-order valence-electron chi connectivity index (χ2n) is 10.9. The van der Waals surface area contributed by atoms with Gasteiger partial charge in [-0.15, -0.1) is 11.3 Å². The van der Waals surface area contributed by atoms with Gasteiger partial charge < -0.3 is 10.2 Å². The molecule has 4 saturated carbocycles. The Morgan fingerprint density at radius 2 is 1.68 bits per heavy atom. The number of nitrogens with one attached hydrogen (secondary N) is 1. The summed E-state index contributed by atoms with van der Waals surface area (Å²) >= 11 is 1.52. The van der Waals surface area contributed by atoms with Crippen molar-refractivity contribution < 1.29 is 18.4 Å². The van der Waals surface area contributed by atoms with Crippen molar-refractivity contribution in [2.24, 2.45) is 23.7 Å². The average Bonchev–Trinajstić information content (AvgIpc) is 3.27. The van der Waals surface area contributed by atoms with Gasteiger partial charge in [0.25, 0.3) is 5.91 Å². The molecular weight excluding hydrogens is 456 g/mol. The van der Waals surface area contributed by atoms with E-state index in [0.717, 1.165) is 29.9 Å². The Kier molecular flexibility index (Phi) is 5.47. The summed E-state index contributed by atoms with van der Waals surface area (Å²) in [6.45, 7) is 0.730. The number of hydrogen-bond donors (Lipinski definition) is 1. The van der Waals surface area contributed by atoms with Crippen LogP contribution in [0.1, 0.15) is 67.4 Å². The van der Waals surface area contributed by atoms with Crippen molar-refractivity contribution in [3.05, 3.63) is 46.5 Å².